The summed E-state index contributed by atoms with van der Waals surface area (Å²) in [5, 5.41) is 2.68. The molecule has 27 heavy (non-hydrogen) atoms. The molecular formula is C19H20N2O5S. The van der Waals surface area contributed by atoms with Gasteiger partial charge in [-0.3, -0.25) is 9.59 Å². The van der Waals surface area contributed by atoms with Crippen molar-refractivity contribution in [3.05, 3.63) is 53.6 Å². The summed E-state index contributed by atoms with van der Waals surface area (Å²) in [4.78, 5) is 26.0. The molecule has 1 aliphatic rings. The predicted octanol–water partition coefficient (Wildman–Crippen LogP) is 2.25. The first-order chi connectivity index (χ1) is 12.7. The van der Waals surface area contributed by atoms with Gasteiger partial charge in [-0.05, 0) is 42.8 Å². The Labute approximate surface area is 157 Å². The molecule has 0 bridgehead atoms. The Hall–Kier alpha value is -2.87. The minimum atomic E-state index is -3.26. The summed E-state index contributed by atoms with van der Waals surface area (Å²) in [6.45, 7) is 1.78. The number of benzene rings is 2. The highest BCUT2D eigenvalue weighted by Crippen LogP contribution is 2.30. The van der Waals surface area contributed by atoms with Crippen LogP contribution in [-0.2, 0) is 14.6 Å². The molecule has 3 rings (SSSR count). The molecule has 1 heterocycles. The van der Waals surface area contributed by atoms with Gasteiger partial charge in [-0.1, -0.05) is 12.1 Å². The fourth-order valence-corrected chi connectivity index (χ4v) is 3.43. The SMILES string of the molecule is CC(c1ccc(S(C)(=O)=O)cc1)N(C)C(=O)c1ccc2c(c1)OCC(=O)N2. The van der Waals surface area contributed by atoms with E-state index in [1.807, 2.05) is 6.92 Å². The quantitative estimate of drug-likeness (QED) is 0.867. The zero-order valence-electron chi connectivity index (χ0n) is 15.2. The van der Waals surface area contributed by atoms with Gasteiger partial charge in [0.25, 0.3) is 11.8 Å². The van der Waals surface area contributed by atoms with Crippen LogP contribution in [-0.4, -0.2) is 45.0 Å². The average Bonchev–Trinajstić information content (AvgIpc) is 2.65. The van der Waals surface area contributed by atoms with Crippen LogP contribution >= 0.6 is 0 Å². The van der Waals surface area contributed by atoms with E-state index in [0.717, 1.165) is 11.8 Å². The first-order valence-corrected chi connectivity index (χ1v) is 10.2. The molecule has 1 unspecified atom stereocenters. The minimum absolute atomic E-state index is 0.0798. The van der Waals surface area contributed by atoms with Gasteiger partial charge in [-0.2, -0.15) is 0 Å². The molecule has 8 heteroatoms. The average molecular weight is 388 g/mol. The van der Waals surface area contributed by atoms with Gasteiger partial charge >= 0.3 is 0 Å². The lowest BCUT2D eigenvalue weighted by Crippen LogP contribution is -2.30. The number of ether oxygens (including phenoxy) is 1. The summed E-state index contributed by atoms with van der Waals surface area (Å²) in [6.07, 6.45) is 1.15. The molecule has 0 radical (unpaired) electrons. The second kappa shape index (κ2) is 7.03. The van der Waals surface area contributed by atoms with E-state index in [9.17, 15) is 18.0 Å². The van der Waals surface area contributed by atoms with Gasteiger partial charge < -0.3 is 15.0 Å². The smallest absolute Gasteiger partial charge is 0.262 e. The number of hydrogen-bond donors (Lipinski definition) is 1. The summed E-state index contributed by atoms with van der Waals surface area (Å²) in [6, 6.07) is 11.1. The summed E-state index contributed by atoms with van der Waals surface area (Å²) >= 11 is 0. The van der Waals surface area contributed by atoms with Crippen molar-refractivity contribution in [1.82, 2.24) is 4.90 Å². The largest absolute Gasteiger partial charge is 0.482 e. The topological polar surface area (TPSA) is 92.8 Å². The van der Waals surface area contributed by atoms with E-state index in [1.54, 1.807) is 42.3 Å². The van der Waals surface area contributed by atoms with Crippen molar-refractivity contribution in [3.8, 4) is 5.75 Å². The highest BCUT2D eigenvalue weighted by atomic mass is 32.2. The van der Waals surface area contributed by atoms with Crippen molar-refractivity contribution in [2.45, 2.75) is 17.9 Å². The second-order valence-corrected chi connectivity index (χ2v) is 8.50. The number of amides is 2. The van der Waals surface area contributed by atoms with E-state index in [-0.39, 0.29) is 29.4 Å². The number of rotatable bonds is 4. The third kappa shape index (κ3) is 3.95. The molecule has 1 aliphatic heterocycles. The standard InChI is InChI=1S/C19H20N2O5S/c1-12(13-4-7-15(8-5-13)27(3,24)25)21(2)19(23)14-6-9-16-17(10-14)26-11-18(22)20-16/h4-10,12H,11H2,1-3H3,(H,20,22). The molecular weight excluding hydrogens is 368 g/mol. The van der Waals surface area contributed by atoms with Crippen LogP contribution in [0.3, 0.4) is 0 Å². The summed E-state index contributed by atoms with van der Waals surface area (Å²) in [5.41, 5.74) is 1.79. The number of carbonyl (C=O) groups excluding carboxylic acids is 2. The normalized spacial score (nSPS) is 14.6. The van der Waals surface area contributed by atoms with Crippen molar-refractivity contribution >= 4 is 27.3 Å². The number of anilines is 1. The van der Waals surface area contributed by atoms with Crippen molar-refractivity contribution in [1.29, 1.82) is 0 Å². The monoisotopic (exact) mass is 388 g/mol. The maximum atomic E-state index is 12.8. The fourth-order valence-electron chi connectivity index (χ4n) is 2.80. The van der Waals surface area contributed by atoms with Crippen molar-refractivity contribution < 1.29 is 22.7 Å². The van der Waals surface area contributed by atoms with Crippen molar-refractivity contribution in [2.24, 2.45) is 0 Å². The summed E-state index contributed by atoms with van der Waals surface area (Å²) in [5.74, 6) is 0.0156. The Balaban J connectivity index is 1.79. The fraction of sp³-hybridized carbons (Fsp3) is 0.263. The maximum Gasteiger partial charge on any atom is 0.262 e. The highest BCUT2D eigenvalue weighted by molar-refractivity contribution is 7.90. The lowest BCUT2D eigenvalue weighted by molar-refractivity contribution is -0.118. The van der Waals surface area contributed by atoms with Crippen molar-refractivity contribution in [2.75, 3.05) is 25.2 Å². The molecule has 0 spiro atoms. The second-order valence-electron chi connectivity index (χ2n) is 6.48. The number of fused-ring (bicyclic) bond motifs is 1. The van der Waals surface area contributed by atoms with Crippen LogP contribution < -0.4 is 10.1 Å². The van der Waals surface area contributed by atoms with Gasteiger partial charge in [0.2, 0.25) is 0 Å². The number of nitrogens with one attached hydrogen (secondary N) is 1. The zero-order valence-corrected chi connectivity index (χ0v) is 16.0. The van der Waals surface area contributed by atoms with Crippen LogP contribution in [0.1, 0.15) is 28.9 Å². The number of hydrogen-bond acceptors (Lipinski definition) is 5. The van der Waals surface area contributed by atoms with E-state index in [1.165, 1.54) is 12.1 Å². The lowest BCUT2D eigenvalue weighted by Gasteiger charge is -2.26. The number of nitrogens with zero attached hydrogens (tertiary/aromatic N) is 1. The highest BCUT2D eigenvalue weighted by Gasteiger charge is 2.22. The van der Waals surface area contributed by atoms with Gasteiger partial charge in [0, 0.05) is 18.9 Å². The molecule has 2 aromatic carbocycles. The van der Waals surface area contributed by atoms with Crippen molar-refractivity contribution in [3.63, 3.8) is 0 Å². The van der Waals surface area contributed by atoms with E-state index in [2.05, 4.69) is 5.32 Å². The zero-order chi connectivity index (χ0) is 19.8. The van der Waals surface area contributed by atoms with Gasteiger partial charge in [0.15, 0.2) is 16.4 Å². The molecule has 2 aromatic rings. The van der Waals surface area contributed by atoms with Gasteiger partial charge in [0.05, 0.1) is 16.6 Å². The Morgan fingerprint density at radius 1 is 1.19 bits per heavy atom. The van der Waals surface area contributed by atoms with Gasteiger partial charge in [-0.25, -0.2) is 8.42 Å². The van der Waals surface area contributed by atoms with Crippen LogP contribution in [0.5, 0.6) is 5.75 Å². The Morgan fingerprint density at radius 2 is 1.85 bits per heavy atom. The molecule has 2 amide bonds. The predicted molar refractivity (Wildman–Crippen MR) is 101 cm³/mol. The first kappa shape index (κ1) is 18.9. The van der Waals surface area contributed by atoms with E-state index >= 15 is 0 Å². The lowest BCUT2D eigenvalue weighted by atomic mass is 10.1. The van der Waals surface area contributed by atoms with E-state index in [4.69, 9.17) is 4.74 Å². The van der Waals surface area contributed by atoms with Gasteiger partial charge in [-0.15, -0.1) is 0 Å². The maximum absolute atomic E-state index is 12.8. The molecule has 0 saturated carbocycles. The molecule has 0 aliphatic carbocycles. The summed E-state index contributed by atoms with van der Waals surface area (Å²) < 4.78 is 28.5. The van der Waals surface area contributed by atoms with E-state index < -0.39 is 9.84 Å². The molecule has 142 valence electrons. The number of sulfone groups is 1. The Kier molecular flexibility index (Phi) is 4.93. The number of carbonyl (C=O) groups is 2. The molecule has 1 atom stereocenters. The molecule has 0 aromatic heterocycles. The van der Waals surface area contributed by atoms with E-state index in [0.29, 0.717) is 17.0 Å². The van der Waals surface area contributed by atoms with Crippen LogP contribution in [0.4, 0.5) is 5.69 Å². The minimum Gasteiger partial charge on any atom is -0.482 e. The van der Waals surface area contributed by atoms with Crippen LogP contribution in [0.25, 0.3) is 0 Å². The van der Waals surface area contributed by atoms with Crippen LogP contribution in [0.15, 0.2) is 47.4 Å². The molecule has 0 fully saturated rings. The Morgan fingerprint density at radius 3 is 2.48 bits per heavy atom. The molecule has 0 saturated heterocycles. The van der Waals surface area contributed by atoms with Gasteiger partial charge in [0.1, 0.15) is 5.75 Å². The molecule has 1 N–H and O–H groups in total. The summed E-state index contributed by atoms with van der Waals surface area (Å²) in [7, 11) is -1.58. The van der Waals surface area contributed by atoms with Crippen LogP contribution in [0, 0.1) is 0 Å². The Bertz CT molecular complexity index is 999. The third-order valence-electron chi connectivity index (χ3n) is 4.55. The van der Waals surface area contributed by atoms with Crippen LogP contribution in [0.2, 0.25) is 0 Å². The third-order valence-corrected chi connectivity index (χ3v) is 5.68. The first-order valence-electron chi connectivity index (χ1n) is 8.30. The molecule has 7 nitrogen and oxygen atoms in total.